The lowest BCUT2D eigenvalue weighted by Gasteiger charge is -1.98. The van der Waals surface area contributed by atoms with Crippen LogP contribution >= 0.6 is 0 Å². The highest BCUT2D eigenvalue weighted by Gasteiger charge is 2.11. The van der Waals surface area contributed by atoms with Crippen molar-refractivity contribution in [2.24, 2.45) is 0 Å². The lowest BCUT2D eigenvalue weighted by molar-refractivity contribution is -0.132. The number of carbonyl (C=O) groups is 1. The van der Waals surface area contributed by atoms with Crippen LogP contribution in [0, 0.1) is 17.1 Å². The Morgan fingerprint density at radius 2 is 2.32 bits per heavy atom. The first-order chi connectivity index (χ1) is 9.06. The number of hydrogen-bond acceptors (Lipinski definition) is 2. The third-order valence-corrected chi connectivity index (χ3v) is 2.89. The molecule has 2 N–H and O–H groups in total. The van der Waals surface area contributed by atoms with E-state index in [1.807, 2.05) is 6.07 Å². The van der Waals surface area contributed by atoms with Gasteiger partial charge in [-0.1, -0.05) is 6.92 Å². The average molecular weight is 258 g/mol. The molecule has 0 atom stereocenters. The molecule has 2 aromatic rings. The minimum atomic E-state index is -1.01. The van der Waals surface area contributed by atoms with E-state index in [9.17, 15) is 9.18 Å². The molecule has 1 heterocycles. The fourth-order valence-corrected chi connectivity index (χ4v) is 1.93. The highest BCUT2D eigenvalue weighted by molar-refractivity contribution is 5.98. The number of nitrogens with zero attached hydrogens (tertiary/aromatic N) is 1. The van der Waals surface area contributed by atoms with E-state index in [1.165, 1.54) is 12.1 Å². The Morgan fingerprint density at radius 3 is 2.89 bits per heavy atom. The van der Waals surface area contributed by atoms with Gasteiger partial charge in [0.25, 0.3) is 0 Å². The molecule has 19 heavy (non-hydrogen) atoms. The van der Waals surface area contributed by atoms with Crippen LogP contribution in [0.4, 0.5) is 4.39 Å². The first kappa shape index (κ1) is 12.8. The number of aliphatic carboxylic acids is 1. The number of H-pyrrole nitrogens is 1. The van der Waals surface area contributed by atoms with Crippen LogP contribution in [0.25, 0.3) is 17.0 Å². The molecule has 0 amide bonds. The Labute approximate surface area is 108 Å². The van der Waals surface area contributed by atoms with Crippen molar-refractivity contribution in [2.45, 2.75) is 13.3 Å². The predicted octanol–water partition coefficient (Wildman–Crippen LogP) is 3.06. The summed E-state index contributed by atoms with van der Waals surface area (Å²) in [5.74, 6) is -1.53. The topological polar surface area (TPSA) is 76.9 Å². The molecule has 1 aromatic carbocycles. The molecule has 0 aliphatic heterocycles. The number of carboxylic acids is 1. The quantitative estimate of drug-likeness (QED) is 0.830. The van der Waals surface area contributed by atoms with E-state index in [2.05, 4.69) is 4.98 Å². The zero-order valence-electron chi connectivity index (χ0n) is 10.2. The van der Waals surface area contributed by atoms with Gasteiger partial charge in [-0.3, -0.25) is 0 Å². The number of nitriles is 1. The van der Waals surface area contributed by atoms with Crippen molar-refractivity contribution >= 4 is 22.9 Å². The molecule has 0 aliphatic rings. The number of halogens is 1. The summed E-state index contributed by atoms with van der Waals surface area (Å²) in [7, 11) is 0. The average Bonchev–Trinajstić information content (AvgIpc) is 2.77. The fraction of sp³-hybridized carbons (Fsp3) is 0.143. The number of aromatic nitrogens is 1. The largest absolute Gasteiger partial charge is 0.478 e. The van der Waals surface area contributed by atoms with Crippen molar-refractivity contribution in [3.8, 4) is 6.07 Å². The Balaban J connectivity index is 2.67. The summed E-state index contributed by atoms with van der Waals surface area (Å²) >= 11 is 0. The molecule has 96 valence electrons. The van der Waals surface area contributed by atoms with E-state index in [1.54, 1.807) is 13.1 Å². The Kier molecular flexibility index (Phi) is 3.34. The van der Waals surface area contributed by atoms with Crippen molar-refractivity contribution in [2.75, 3.05) is 0 Å². The number of carboxylic acid groups (broad SMARTS) is 1. The minimum Gasteiger partial charge on any atom is -0.478 e. The molecular weight excluding hydrogens is 247 g/mol. The molecule has 0 bridgehead atoms. The van der Waals surface area contributed by atoms with Gasteiger partial charge in [0.2, 0.25) is 0 Å². The van der Waals surface area contributed by atoms with Crippen LogP contribution in [-0.4, -0.2) is 16.1 Å². The summed E-state index contributed by atoms with van der Waals surface area (Å²) < 4.78 is 13.4. The van der Waals surface area contributed by atoms with Crippen molar-refractivity contribution in [3.63, 3.8) is 0 Å². The summed E-state index contributed by atoms with van der Waals surface area (Å²) in [6.45, 7) is 1.73. The normalized spacial score (nSPS) is 11.5. The lowest BCUT2D eigenvalue weighted by Crippen LogP contribution is -1.98. The molecule has 0 radical (unpaired) electrons. The Bertz CT molecular complexity index is 723. The third kappa shape index (κ3) is 2.33. The molecule has 4 nitrogen and oxygen atoms in total. The van der Waals surface area contributed by atoms with Gasteiger partial charge in [0.15, 0.2) is 0 Å². The van der Waals surface area contributed by atoms with Crippen molar-refractivity contribution in [1.29, 1.82) is 5.26 Å². The smallest absolute Gasteiger partial charge is 0.331 e. The molecule has 1 aromatic heterocycles. The Morgan fingerprint density at radius 1 is 1.58 bits per heavy atom. The molecule has 2 rings (SSSR count). The van der Waals surface area contributed by atoms with Crippen LogP contribution in [-0.2, 0) is 4.79 Å². The number of aromatic amines is 1. The second-order valence-corrected chi connectivity index (χ2v) is 4.06. The molecular formula is C14H11FN2O2. The summed E-state index contributed by atoms with van der Waals surface area (Å²) in [6.07, 6.45) is 3.42. The Hall–Kier alpha value is -2.61. The van der Waals surface area contributed by atoms with Gasteiger partial charge < -0.3 is 10.1 Å². The van der Waals surface area contributed by atoms with Crippen LogP contribution in [0.3, 0.4) is 0 Å². The SMILES string of the molecule is CCC(=Cc1c[nH]c2c(C#N)cc(F)cc12)C(=O)O. The summed E-state index contributed by atoms with van der Waals surface area (Å²) in [5, 5.41) is 18.4. The van der Waals surface area contributed by atoms with Crippen molar-refractivity contribution in [3.05, 3.63) is 40.8 Å². The molecule has 0 fully saturated rings. The monoisotopic (exact) mass is 258 g/mol. The number of rotatable bonds is 3. The number of fused-ring (bicyclic) bond motifs is 1. The van der Waals surface area contributed by atoms with E-state index < -0.39 is 11.8 Å². The first-order valence-corrected chi connectivity index (χ1v) is 5.71. The third-order valence-electron chi connectivity index (χ3n) is 2.89. The maximum atomic E-state index is 13.4. The van der Waals surface area contributed by atoms with Gasteiger partial charge in [0.1, 0.15) is 11.9 Å². The zero-order valence-corrected chi connectivity index (χ0v) is 10.2. The molecule has 0 unspecified atom stereocenters. The molecule has 0 saturated carbocycles. The molecule has 0 spiro atoms. The van der Waals surface area contributed by atoms with Crippen molar-refractivity contribution in [1.82, 2.24) is 4.98 Å². The van der Waals surface area contributed by atoms with Gasteiger partial charge in [0, 0.05) is 22.7 Å². The van der Waals surface area contributed by atoms with E-state index in [0.29, 0.717) is 22.9 Å². The fourth-order valence-electron chi connectivity index (χ4n) is 1.93. The van der Waals surface area contributed by atoms with Crippen LogP contribution in [0.5, 0.6) is 0 Å². The summed E-state index contributed by atoms with van der Waals surface area (Å²) in [6, 6.07) is 4.33. The highest BCUT2D eigenvalue weighted by atomic mass is 19.1. The summed E-state index contributed by atoms with van der Waals surface area (Å²) in [5.41, 5.74) is 1.49. The van der Waals surface area contributed by atoms with Crippen LogP contribution < -0.4 is 0 Å². The van der Waals surface area contributed by atoms with Crippen LogP contribution in [0.1, 0.15) is 24.5 Å². The zero-order chi connectivity index (χ0) is 14.0. The molecule has 5 heteroatoms. The van der Waals surface area contributed by atoms with E-state index in [-0.39, 0.29) is 11.1 Å². The van der Waals surface area contributed by atoms with Crippen molar-refractivity contribution < 1.29 is 14.3 Å². The van der Waals surface area contributed by atoms with E-state index in [0.717, 1.165) is 6.07 Å². The second kappa shape index (κ2) is 4.94. The van der Waals surface area contributed by atoms with Gasteiger partial charge in [0.05, 0.1) is 11.1 Å². The van der Waals surface area contributed by atoms with E-state index in [4.69, 9.17) is 10.4 Å². The predicted molar refractivity (Wildman–Crippen MR) is 68.9 cm³/mol. The number of nitrogens with one attached hydrogen (secondary N) is 1. The van der Waals surface area contributed by atoms with E-state index >= 15 is 0 Å². The first-order valence-electron chi connectivity index (χ1n) is 5.71. The lowest BCUT2D eigenvalue weighted by atomic mass is 10.1. The van der Waals surface area contributed by atoms with Gasteiger partial charge in [-0.2, -0.15) is 5.26 Å². The summed E-state index contributed by atoms with van der Waals surface area (Å²) in [4.78, 5) is 13.9. The minimum absolute atomic E-state index is 0.197. The standard InChI is InChI=1S/C14H11FN2O2/c1-2-8(14(18)19)3-10-7-17-13-9(6-16)4-11(15)5-12(10)13/h3-5,7,17H,2H2,1H3,(H,18,19). The van der Waals surface area contributed by atoms with Crippen LogP contribution in [0.2, 0.25) is 0 Å². The molecule has 0 aliphatic carbocycles. The van der Waals surface area contributed by atoms with Gasteiger partial charge in [-0.05, 0) is 24.6 Å². The maximum absolute atomic E-state index is 13.4. The van der Waals surface area contributed by atoms with Gasteiger partial charge in [-0.25, -0.2) is 9.18 Å². The maximum Gasteiger partial charge on any atom is 0.331 e. The number of benzene rings is 1. The van der Waals surface area contributed by atoms with Gasteiger partial charge >= 0.3 is 5.97 Å². The second-order valence-electron chi connectivity index (χ2n) is 4.06. The highest BCUT2D eigenvalue weighted by Crippen LogP contribution is 2.25. The number of hydrogen-bond donors (Lipinski definition) is 2. The molecule has 0 saturated heterocycles. The van der Waals surface area contributed by atoms with Gasteiger partial charge in [-0.15, -0.1) is 0 Å². The van der Waals surface area contributed by atoms with Crippen LogP contribution in [0.15, 0.2) is 23.9 Å².